The second-order valence-corrected chi connectivity index (χ2v) is 4.95. The topological polar surface area (TPSA) is 72.5 Å². The van der Waals surface area contributed by atoms with E-state index in [2.05, 4.69) is 31.2 Å². The fraction of sp³-hybridized carbons (Fsp3) is 0.0667. The molecular formula is C15H15BrN4O. The number of para-hydroxylation sites is 1. The normalized spacial score (nSPS) is 11.6. The number of hydrogen-bond donors (Lipinski definition) is 2. The molecule has 0 saturated carbocycles. The molecule has 0 aliphatic rings. The van der Waals surface area contributed by atoms with E-state index in [1.807, 2.05) is 43.3 Å². The van der Waals surface area contributed by atoms with E-state index in [-0.39, 0.29) is 5.96 Å². The van der Waals surface area contributed by atoms with Crippen LogP contribution < -0.4 is 15.8 Å². The van der Waals surface area contributed by atoms with Crippen molar-refractivity contribution < 1.29 is 4.74 Å². The lowest BCUT2D eigenvalue weighted by atomic mass is 10.3. The Morgan fingerprint density at radius 2 is 2.14 bits per heavy atom. The van der Waals surface area contributed by atoms with Crippen LogP contribution in [0.25, 0.3) is 0 Å². The van der Waals surface area contributed by atoms with Crippen LogP contribution in [0, 0.1) is 0 Å². The summed E-state index contributed by atoms with van der Waals surface area (Å²) in [5, 5.41) is 2.91. The second-order valence-electron chi connectivity index (χ2n) is 4.04. The lowest BCUT2D eigenvalue weighted by molar-refractivity contribution is 0.482. The molecule has 5 nitrogen and oxygen atoms in total. The van der Waals surface area contributed by atoms with Crippen molar-refractivity contribution in [1.82, 2.24) is 4.98 Å². The Kier molecular flexibility index (Phi) is 5.34. The number of pyridine rings is 1. The van der Waals surface area contributed by atoms with Gasteiger partial charge in [-0.2, -0.15) is 0 Å². The lowest BCUT2D eigenvalue weighted by Crippen LogP contribution is -2.22. The molecule has 0 aliphatic heterocycles. The highest BCUT2D eigenvalue weighted by Gasteiger charge is 2.08. The molecule has 0 unspecified atom stereocenters. The van der Waals surface area contributed by atoms with E-state index in [0.29, 0.717) is 17.3 Å². The Bertz CT molecular complexity index is 656. The standard InChI is InChI=1S/C15H15BrN4O/c1-2-8-18-15(17)20-14-13(9-11(16)10-19-14)21-12-6-4-3-5-7-12/h2-10H,1H3,(H3,17,18,19,20)/b8-2+. The second kappa shape index (κ2) is 7.44. The maximum Gasteiger partial charge on any atom is 0.199 e. The first kappa shape index (κ1) is 15.1. The van der Waals surface area contributed by atoms with Gasteiger partial charge in [-0.05, 0) is 35.0 Å². The van der Waals surface area contributed by atoms with E-state index >= 15 is 0 Å². The Morgan fingerprint density at radius 1 is 1.38 bits per heavy atom. The highest BCUT2D eigenvalue weighted by atomic mass is 79.9. The van der Waals surface area contributed by atoms with Crippen molar-refractivity contribution in [3.8, 4) is 11.5 Å². The summed E-state index contributed by atoms with van der Waals surface area (Å²) in [6.07, 6.45) is 5.03. The van der Waals surface area contributed by atoms with Gasteiger partial charge in [-0.1, -0.05) is 24.3 Å². The van der Waals surface area contributed by atoms with E-state index in [1.54, 1.807) is 18.5 Å². The van der Waals surface area contributed by atoms with Crippen LogP contribution >= 0.6 is 15.9 Å². The van der Waals surface area contributed by atoms with Gasteiger partial charge in [0.1, 0.15) is 5.75 Å². The molecule has 3 N–H and O–H groups in total. The van der Waals surface area contributed by atoms with Crippen molar-refractivity contribution in [2.24, 2.45) is 10.7 Å². The molecule has 0 saturated heterocycles. The van der Waals surface area contributed by atoms with Gasteiger partial charge in [-0.3, -0.25) is 0 Å². The molecule has 108 valence electrons. The monoisotopic (exact) mass is 346 g/mol. The number of allylic oxidation sites excluding steroid dienone is 1. The third-order valence-corrected chi connectivity index (χ3v) is 2.83. The number of nitrogens with zero attached hydrogens (tertiary/aromatic N) is 2. The Morgan fingerprint density at radius 3 is 2.86 bits per heavy atom. The first-order chi connectivity index (χ1) is 10.2. The average Bonchev–Trinajstić information content (AvgIpc) is 2.49. The molecule has 0 amide bonds. The summed E-state index contributed by atoms with van der Waals surface area (Å²) in [7, 11) is 0. The number of guanidine groups is 1. The molecular weight excluding hydrogens is 332 g/mol. The van der Waals surface area contributed by atoms with Crippen molar-refractivity contribution in [2.45, 2.75) is 6.92 Å². The molecule has 0 aliphatic carbocycles. The van der Waals surface area contributed by atoms with Crippen molar-refractivity contribution in [1.29, 1.82) is 0 Å². The molecule has 6 heteroatoms. The minimum absolute atomic E-state index is 0.237. The van der Waals surface area contributed by atoms with Crippen LogP contribution in [0.15, 0.2) is 64.3 Å². The smallest absolute Gasteiger partial charge is 0.199 e. The number of halogens is 1. The van der Waals surface area contributed by atoms with Gasteiger partial charge < -0.3 is 15.8 Å². The number of anilines is 1. The van der Waals surface area contributed by atoms with Crippen molar-refractivity contribution in [2.75, 3.05) is 5.32 Å². The Hall–Kier alpha value is -2.34. The number of nitrogens with two attached hydrogens (primary N) is 1. The zero-order chi connectivity index (χ0) is 15.1. The molecule has 0 fully saturated rings. The molecule has 0 spiro atoms. The van der Waals surface area contributed by atoms with Gasteiger partial charge in [0.15, 0.2) is 17.5 Å². The SMILES string of the molecule is C/C=C/N=C(N)Nc1ncc(Br)cc1Oc1ccccc1. The molecule has 1 aromatic carbocycles. The lowest BCUT2D eigenvalue weighted by Gasteiger charge is -2.11. The largest absolute Gasteiger partial charge is 0.453 e. The zero-order valence-corrected chi connectivity index (χ0v) is 13.0. The quantitative estimate of drug-likeness (QED) is 0.650. The van der Waals surface area contributed by atoms with Crippen LogP contribution in [-0.4, -0.2) is 10.9 Å². The maximum absolute atomic E-state index is 5.81. The van der Waals surface area contributed by atoms with Gasteiger partial charge >= 0.3 is 0 Å². The van der Waals surface area contributed by atoms with E-state index in [4.69, 9.17) is 10.5 Å². The summed E-state index contributed by atoms with van der Waals surface area (Å²) in [6, 6.07) is 11.3. The number of ether oxygens (including phenoxy) is 1. The number of nitrogens with one attached hydrogen (secondary N) is 1. The van der Waals surface area contributed by atoms with Gasteiger partial charge in [0, 0.05) is 22.9 Å². The molecule has 2 aromatic rings. The van der Waals surface area contributed by atoms with E-state index in [1.165, 1.54) is 0 Å². The maximum atomic E-state index is 5.81. The number of benzene rings is 1. The highest BCUT2D eigenvalue weighted by molar-refractivity contribution is 9.10. The minimum Gasteiger partial charge on any atom is -0.453 e. The van der Waals surface area contributed by atoms with Crippen molar-refractivity contribution in [3.63, 3.8) is 0 Å². The van der Waals surface area contributed by atoms with Gasteiger partial charge in [0.05, 0.1) is 0 Å². The number of hydrogen-bond acceptors (Lipinski definition) is 3. The molecule has 0 atom stereocenters. The number of rotatable bonds is 4. The van der Waals surface area contributed by atoms with Gasteiger partial charge in [-0.25, -0.2) is 9.98 Å². The van der Waals surface area contributed by atoms with E-state index in [9.17, 15) is 0 Å². The average molecular weight is 347 g/mol. The third kappa shape index (κ3) is 4.61. The molecule has 1 aromatic heterocycles. The van der Waals surface area contributed by atoms with Gasteiger partial charge in [0.2, 0.25) is 0 Å². The summed E-state index contributed by atoms with van der Waals surface area (Å²) in [4.78, 5) is 8.26. The summed E-state index contributed by atoms with van der Waals surface area (Å²) in [5.74, 6) is 1.99. The molecule has 2 rings (SSSR count). The van der Waals surface area contributed by atoms with Crippen LogP contribution in [0.1, 0.15) is 6.92 Å². The van der Waals surface area contributed by atoms with Crippen LogP contribution in [0.4, 0.5) is 5.82 Å². The summed E-state index contributed by atoms with van der Waals surface area (Å²) >= 11 is 3.37. The van der Waals surface area contributed by atoms with Crippen LogP contribution in [0.5, 0.6) is 11.5 Å². The van der Waals surface area contributed by atoms with Crippen LogP contribution in [0.3, 0.4) is 0 Å². The fourth-order valence-electron chi connectivity index (χ4n) is 1.52. The molecule has 21 heavy (non-hydrogen) atoms. The predicted octanol–water partition coefficient (Wildman–Crippen LogP) is 3.90. The highest BCUT2D eigenvalue weighted by Crippen LogP contribution is 2.30. The van der Waals surface area contributed by atoms with Crippen molar-refractivity contribution in [3.05, 3.63) is 59.3 Å². The fourth-order valence-corrected chi connectivity index (χ4v) is 1.83. The van der Waals surface area contributed by atoms with E-state index < -0.39 is 0 Å². The number of aliphatic imine (C=N–C) groups is 1. The molecule has 1 heterocycles. The van der Waals surface area contributed by atoms with Crippen LogP contribution in [-0.2, 0) is 0 Å². The van der Waals surface area contributed by atoms with Gasteiger partial charge in [-0.15, -0.1) is 0 Å². The number of aromatic nitrogens is 1. The summed E-state index contributed by atoms with van der Waals surface area (Å²) in [6.45, 7) is 1.86. The molecule has 0 bridgehead atoms. The predicted molar refractivity (Wildman–Crippen MR) is 88.5 cm³/mol. The first-order valence-corrected chi connectivity index (χ1v) is 7.08. The Labute approximate surface area is 131 Å². The van der Waals surface area contributed by atoms with Crippen LogP contribution in [0.2, 0.25) is 0 Å². The first-order valence-electron chi connectivity index (χ1n) is 6.29. The minimum atomic E-state index is 0.237. The van der Waals surface area contributed by atoms with Crippen molar-refractivity contribution >= 4 is 27.7 Å². The van der Waals surface area contributed by atoms with E-state index in [0.717, 1.165) is 4.47 Å². The van der Waals surface area contributed by atoms with Gasteiger partial charge in [0.25, 0.3) is 0 Å². The third-order valence-electron chi connectivity index (χ3n) is 2.40. The zero-order valence-electron chi connectivity index (χ0n) is 11.5. The summed E-state index contributed by atoms with van der Waals surface area (Å²) in [5.41, 5.74) is 5.77. The molecule has 0 radical (unpaired) electrons. The summed E-state index contributed by atoms with van der Waals surface area (Å²) < 4.78 is 6.62. The Balaban J connectivity index is 2.25.